The number of para-hydroxylation sites is 1. The summed E-state index contributed by atoms with van der Waals surface area (Å²) < 4.78 is 1.11. The first-order valence-electron chi connectivity index (χ1n) is 10.3. The van der Waals surface area contributed by atoms with Gasteiger partial charge in [-0.2, -0.15) is 0 Å². The molecule has 2 saturated heterocycles. The Labute approximate surface area is 175 Å². The van der Waals surface area contributed by atoms with Crippen LogP contribution in [0.2, 0.25) is 0 Å². The number of likely N-dealkylation sites (N-methyl/N-ethyl adjacent to an activating group) is 1. The van der Waals surface area contributed by atoms with Gasteiger partial charge in [0.05, 0.1) is 16.8 Å². The van der Waals surface area contributed by atoms with Gasteiger partial charge >= 0.3 is 6.03 Å². The van der Waals surface area contributed by atoms with E-state index >= 15 is 0 Å². The second-order valence-corrected chi connectivity index (χ2v) is 8.45. The second-order valence-electron chi connectivity index (χ2n) is 7.44. The highest BCUT2D eigenvalue weighted by molar-refractivity contribution is 7.22. The number of nitrogens with one attached hydrogen (secondary N) is 1. The van der Waals surface area contributed by atoms with Crippen LogP contribution in [0.25, 0.3) is 10.2 Å². The van der Waals surface area contributed by atoms with Crippen LogP contribution >= 0.6 is 11.3 Å². The molecule has 0 atom stereocenters. The molecule has 0 unspecified atom stereocenters. The van der Waals surface area contributed by atoms with Crippen LogP contribution in [0.5, 0.6) is 0 Å². The molecule has 8 nitrogen and oxygen atoms in total. The zero-order valence-corrected chi connectivity index (χ0v) is 17.7. The molecule has 9 heteroatoms. The van der Waals surface area contributed by atoms with Gasteiger partial charge in [-0.15, -0.1) is 0 Å². The Bertz CT molecular complexity index is 831. The third-order valence-corrected chi connectivity index (χ3v) is 6.65. The molecule has 0 aliphatic carbocycles. The van der Waals surface area contributed by atoms with Crippen molar-refractivity contribution in [3.05, 3.63) is 24.3 Å². The quantitative estimate of drug-likeness (QED) is 0.737. The van der Waals surface area contributed by atoms with Gasteiger partial charge in [-0.3, -0.25) is 19.5 Å². The summed E-state index contributed by atoms with van der Waals surface area (Å²) in [6.07, 6.45) is 0. The predicted molar refractivity (Wildman–Crippen MR) is 115 cm³/mol. The second kappa shape index (κ2) is 9.06. The van der Waals surface area contributed by atoms with Gasteiger partial charge in [-0.25, -0.2) is 9.78 Å². The molecule has 0 saturated carbocycles. The minimum Gasteiger partial charge on any atom is -0.336 e. The molecule has 4 rings (SSSR count). The Morgan fingerprint density at radius 2 is 1.90 bits per heavy atom. The lowest BCUT2D eigenvalue weighted by Crippen LogP contribution is -2.51. The number of aromatic nitrogens is 1. The van der Waals surface area contributed by atoms with E-state index in [-0.39, 0.29) is 11.9 Å². The first kappa shape index (κ1) is 20.1. The van der Waals surface area contributed by atoms with Crippen LogP contribution < -0.4 is 10.2 Å². The van der Waals surface area contributed by atoms with Crippen molar-refractivity contribution in [2.75, 3.05) is 70.3 Å². The minimum atomic E-state index is 0.0451. The van der Waals surface area contributed by atoms with Crippen molar-refractivity contribution >= 4 is 38.6 Å². The fraction of sp³-hybridized carbons (Fsp3) is 0.550. The molecular weight excluding hydrogens is 388 g/mol. The Morgan fingerprint density at radius 3 is 2.59 bits per heavy atom. The standard InChI is InChI=1S/C20H28N6O2S/c1-2-26(20-22-16-5-3-4-6-17(16)29-20)18(27)15-24-11-9-23(10-12-24)13-14-25-8-7-21-19(25)28/h3-6H,2,7-15H2,1H3,(H,21,28). The van der Waals surface area contributed by atoms with Crippen molar-refractivity contribution in [2.24, 2.45) is 0 Å². The number of rotatable bonds is 7. The van der Waals surface area contributed by atoms with Gasteiger partial charge < -0.3 is 10.2 Å². The molecular formula is C20H28N6O2S. The minimum absolute atomic E-state index is 0.0451. The Hall–Kier alpha value is -2.23. The van der Waals surface area contributed by atoms with Gasteiger partial charge in [0.15, 0.2) is 5.13 Å². The molecule has 1 N–H and O–H groups in total. The molecule has 1 aromatic carbocycles. The van der Waals surface area contributed by atoms with Crippen molar-refractivity contribution in [1.82, 2.24) is 25.0 Å². The zero-order valence-electron chi connectivity index (χ0n) is 16.8. The first-order chi connectivity index (χ1) is 14.1. The van der Waals surface area contributed by atoms with Crippen molar-refractivity contribution in [3.63, 3.8) is 0 Å². The lowest BCUT2D eigenvalue weighted by molar-refractivity contribution is -0.120. The largest absolute Gasteiger partial charge is 0.336 e. The number of carbonyl (C=O) groups is 2. The summed E-state index contributed by atoms with van der Waals surface area (Å²) >= 11 is 1.57. The monoisotopic (exact) mass is 416 g/mol. The highest BCUT2D eigenvalue weighted by atomic mass is 32.1. The number of fused-ring (bicyclic) bond motifs is 1. The number of thiazole rings is 1. The van der Waals surface area contributed by atoms with Gasteiger partial charge in [0.2, 0.25) is 5.91 Å². The normalized spacial score (nSPS) is 18.4. The smallest absolute Gasteiger partial charge is 0.317 e. The van der Waals surface area contributed by atoms with E-state index in [0.717, 1.165) is 67.7 Å². The number of amides is 3. The molecule has 1 aromatic heterocycles. The zero-order chi connectivity index (χ0) is 20.2. The third-order valence-electron chi connectivity index (χ3n) is 5.59. The van der Waals surface area contributed by atoms with Crippen molar-refractivity contribution in [3.8, 4) is 0 Å². The van der Waals surface area contributed by atoms with E-state index < -0.39 is 0 Å². The lowest BCUT2D eigenvalue weighted by atomic mass is 10.3. The maximum absolute atomic E-state index is 12.9. The number of hydrogen-bond donors (Lipinski definition) is 1. The van der Waals surface area contributed by atoms with Gasteiger partial charge in [0, 0.05) is 58.9 Å². The van der Waals surface area contributed by atoms with E-state index in [1.54, 1.807) is 16.2 Å². The molecule has 3 heterocycles. The highest BCUT2D eigenvalue weighted by Crippen LogP contribution is 2.28. The van der Waals surface area contributed by atoms with Crippen molar-refractivity contribution in [2.45, 2.75) is 6.92 Å². The summed E-state index contributed by atoms with van der Waals surface area (Å²) in [4.78, 5) is 37.4. The Balaban J connectivity index is 1.26. The number of anilines is 1. The summed E-state index contributed by atoms with van der Waals surface area (Å²) in [5.41, 5.74) is 0.944. The average molecular weight is 417 g/mol. The maximum Gasteiger partial charge on any atom is 0.317 e. The molecule has 156 valence electrons. The fourth-order valence-corrected chi connectivity index (χ4v) is 4.87. The highest BCUT2D eigenvalue weighted by Gasteiger charge is 2.25. The number of benzene rings is 1. The SMILES string of the molecule is CCN(C(=O)CN1CCN(CCN2CCNC2=O)CC1)c1nc2ccccc2s1. The van der Waals surface area contributed by atoms with Gasteiger partial charge in [-0.1, -0.05) is 23.5 Å². The molecule has 29 heavy (non-hydrogen) atoms. The summed E-state index contributed by atoms with van der Waals surface area (Å²) in [5, 5.41) is 3.62. The molecule has 0 spiro atoms. The first-order valence-corrected chi connectivity index (χ1v) is 11.1. The summed E-state index contributed by atoms with van der Waals surface area (Å²) in [7, 11) is 0. The number of piperazine rings is 1. The van der Waals surface area contributed by atoms with E-state index in [1.165, 1.54) is 0 Å². The van der Waals surface area contributed by atoms with Crippen LogP contribution in [0.3, 0.4) is 0 Å². The number of hydrogen-bond acceptors (Lipinski definition) is 6. The molecule has 0 radical (unpaired) electrons. The number of urea groups is 1. The fourth-order valence-electron chi connectivity index (χ4n) is 3.83. The summed E-state index contributed by atoms with van der Waals surface area (Å²) in [6, 6.07) is 8.04. The molecule has 2 aromatic rings. The van der Waals surface area contributed by atoms with Crippen molar-refractivity contribution < 1.29 is 9.59 Å². The molecule has 3 amide bonds. The van der Waals surface area contributed by atoms with Crippen LogP contribution in [-0.4, -0.2) is 97.1 Å². The molecule has 2 aliphatic heterocycles. The van der Waals surface area contributed by atoms with E-state index in [4.69, 9.17) is 0 Å². The maximum atomic E-state index is 12.9. The third kappa shape index (κ3) is 4.68. The predicted octanol–water partition coefficient (Wildman–Crippen LogP) is 1.29. The van der Waals surface area contributed by atoms with Gasteiger partial charge in [-0.05, 0) is 19.1 Å². The number of carbonyl (C=O) groups excluding carboxylic acids is 2. The van der Waals surface area contributed by atoms with Crippen LogP contribution in [0.15, 0.2) is 24.3 Å². The van der Waals surface area contributed by atoms with E-state index in [9.17, 15) is 9.59 Å². The Kier molecular flexibility index (Phi) is 6.27. The molecule has 2 aliphatic rings. The number of nitrogens with zero attached hydrogens (tertiary/aromatic N) is 5. The van der Waals surface area contributed by atoms with Gasteiger partial charge in [0.1, 0.15) is 0 Å². The summed E-state index contributed by atoms with van der Waals surface area (Å²) in [5.74, 6) is 0.105. The average Bonchev–Trinajstić information content (AvgIpc) is 3.33. The topological polar surface area (TPSA) is 72.0 Å². The lowest BCUT2D eigenvalue weighted by Gasteiger charge is -2.35. The van der Waals surface area contributed by atoms with Gasteiger partial charge in [0.25, 0.3) is 0 Å². The van der Waals surface area contributed by atoms with E-state index in [1.807, 2.05) is 36.1 Å². The van der Waals surface area contributed by atoms with Crippen LogP contribution in [-0.2, 0) is 4.79 Å². The molecule has 0 bridgehead atoms. The van der Waals surface area contributed by atoms with Crippen molar-refractivity contribution in [1.29, 1.82) is 0 Å². The van der Waals surface area contributed by atoms with E-state index in [2.05, 4.69) is 20.1 Å². The van der Waals surface area contributed by atoms with E-state index in [0.29, 0.717) is 13.1 Å². The van der Waals surface area contributed by atoms with Crippen LogP contribution in [0.1, 0.15) is 6.92 Å². The van der Waals surface area contributed by atoms with Crippen LogP contribution in [0, 0.1) is 0 Å². The Morgan fingerprint density at radius 1 is 1.14 bits per heavy atom. The molecule has 2 fully saturated rings. The van der Waals surface area contributed by atoms with Crippen LogP contribution in [0.4, 0.5) is 9.93 Å². The summed E-state index contributed by atoms with van der Waals surface area (Å²) in [6.45, 7) is 9.84.